The SMILES string of the molecule is C=CCOc1ccc(C(=O)n2ccccc2=NC(C)C)cc1. The van der Waals surface area contributed by atoms with Crippen molar-refractivity contribution in [1.29, 1.82) is 0 Å². The molecule has 0 saturated carbocycles. The fourth-order valence-corrected chi connectivity index (χ4v) is 1.96. The molecule has 0 atom stereocenters. The quantitative estimate of drug-likeness (QED) is 0.796. The van der Waals surface area contributed by atoms with Gasteiger partial charge in [0.15, 0.2) is 0 Å². The summed E-state index contributed by atoms with van der Waals surface area (Å²) in [7, 11) is 0. The largest absolute Gasteiger partial charge is 0.490 e. The van der Waals surface area contributed by atoms with Gasteiger partial charge in [0.25, 0.3) is 5.91 Å². The smallest absolute Gasteiger partial charge is 0.263 e. The zero-order chi connectivity index (χ0) is 15.9. The Kier molecular flexibility index (Phi) is 5.31. The average Bonchev–Trinajstić information content (AvgIpc) is 2.53. The molecule has 114 valence electrons. The first kappa shape index (κ1) is 15.8. The highest BCUT2D eigenvalue weighted by molar-refractivity contribution is 5.95. The van der Waals surface area contributed by atoms with E-state index in [1.807, 2.05) is 32.0 Å². The summed E-state index contributed by atoms with van der Waals surface area (Å²) >= 11 is 0. The third-order valence-corrected chi connectivity index (χ3v) is 2.92. The lowest BCUT2D eigenvalue weighted by Gasteiger charge is -2.08. The first-order valence-corrected chi connectivity index (χ1v) is 7.22. The van der Waals surface area contributed by atoms with Crippen molar-refractivity contribution in [3.05, 3.63) is 72.4 Å². The van der Waals surface area contributed by atoms with E-state index in [1.165, 1.54) is 0 Å². The lowest BCUT2D eigenvalue weighted by molar-refractivity contribution is 0.0954. The van der Waals surface area contributed by atoms with E-state index >= 15 is 0 Å². The number of carbonyl (C=O) groups excluding carboxylic acids is 1. The molecule has 0 radical (unpaired) electrons. The maximum atomic E-state index is 12.6. The van der Waals surface area contributed by atoms with Crippen LogP contribution in [0.3, 0.4) is 0 Å². The zero-order valence-electron chi connectivity index (χ0n) is 12.9. The third kappa shape index (κ3) is 3.95. The fourth-order valence-electron chi connectivity index (χ4n) is 1.96. The number of nitrogens with zero attached hydrogens (tertiary/aromatic N) is 2. The molecular formula is C18H20N2O2. The molecule has 2 rings (SSSR count). The summed E-state index contributed by atoms with van der Waals surface area (Å²) in [4.78, 5) is 17.1. The number of ether oxygens (including phenoxy) is 1. The summed E-state index contributed by atoms with van der Waals surface area (Å²) in [6, 6.07) is 12.7. The second-order valence-corrected chi connectivity index (χ2v) is 5.08. The summed E-state index contributed by atoms with van der Waals surface area (Å²) in [5.74, 6) is 0.594. The second kappa shape index (κ2) is 7.41. The van der Waals surface area contributed by atoms with E-state index in [9.17, 15) is 4.79 Å². The molecule has 0 spiro atoms. The lowest BCUT2D eigenvalue weighted by Crippen LogP contribution is -2.28. The Morgan fingerprint density at radius 3 is 2.64 bits per heavy atom. The van der Waals surface area contributed by atoms with Crippen LogP contribution >= 0.6 is 0 Å². The van der Waals surface area contributed by atoms with Crippen LogP contribution in [-0.2, 0) is 0 Å². The van der Waals surface area contributed by atoms with Gasteiger partial charge in [0.1, 0.15) is 17.8 Å². The van der Waals surface area contributed by atoms with Crippen LogP contribution in [0.5, 0.6) is 5.75 Å². The van der Waals surface area contributed by atoms with E-state index < -0.39 is 0 Å². The van der Waals surface area contributed by atoms with Crippen molar-refractivity contribution in [2.75, 3.05) is 6.61 Å². The molecule has 0 aliphatic carbocycles. The van der Waals surface area contributed by atoms with Gasteiger partial charge in [-0.25, -0.2) is 0 Å². The Morgan fingerprint density at radius 2 is 2.00 bits per heavy atom. The Labute approximate surface area is 130 Å². The highest BCUT2D eigenvalue weighted by Crippen LogP contribution is 2.12. The van der Waals surface area contributed by atoms with Crippen LogP contribution in [0.2, 0.25) is 0 Å². The minimum atomic E-state index is -0.115. The Balaban J connectivity index is 2.31. The van der Waals surface area contributed by atoms with E-state index in [-0.39, 0.29) is 11.9 Å². The van der Waals surface area contributed by atoms with E-state index in [1.54, 1.807) is 41.1 Å². The molecule has 0 fully saturated rings. The van der Waals surface area contributed by atoms with E-state index in [0.717, 1.165) is 0 Å². The standard InChI is InChI=1S/C18H20N2O2/c1-4-13-22-16-10-8-15(9-11-16)18(21)20-12-6-5-7-17(20)19-14(2)3/h4-12,14H,1,13H2,2-3H3. The van der Waals surface area contributed by atoms with Gasteiger partial charge in [-0.1, -0.05) is 18.7 Å². The normalized spacial score (nSPS) is 11.5. The predicted octanol–water partition coefficient (Wildman–Crippen LogP) is 3.05. The van der Waals surface area contributed by atoms with Gasteiger partial charge >= 0.3 is 0 Å². The zero-order valence-corrected chi connectivity index (χ0v) is 12.9. The maximum Gasteiger partial charge on any atom is 0.263 e. The van der Waals surface area contributed by atoms with Crippen molar-refractivity contribution in [3.63, 3.8) is 0 Å². The van der Waals surface area contributed by atoms with Crippen molar-refractivity contribution in [1.82, 2.24) is 4.57 Å². The van der Waals surface area contributed by atoms with Gasteiger partial charge < -0.3 is 4.74 Å². The monoisotopic (exact) mass is 296 g/mol. The molecule has 1 aromatic carbocycles. The Bertz CT molecular complexity index is 712. The average molecular weight is 296 g/mol. The molecule has 0 saturated heterocycles. The highest BCUT2D eigenvalue weighted by Gasteiger charge is 2.09. The van der Waals surface area contributed by atoms with Crippen LogP contribution < -0.4 is 10.2 Å². The van der Waals surface area contributed by atoms with Gasteiger partial charge in [-0.2, -0.15) is 0 Å². The maximum absolute atomic E-state index is 12.6. The molecule has 1 heterocycles. The summed E-state index contributed by atoms with van der Waals surface area (Å²) in [5.41, 5.74) is 1.23. The molecule has 1 aromatic heterocycles. The summed E-state index contributed by atoms with van der Waals surface area (Å²) < 4.78 is 6.97. The van der Waals surface area contributed by atoms with Crippen molar-refractivity contribution in [3.8, 4) is 5.75 Å². The van der Waals surface area contributed by atoms with E-state index in [4.69, 9.17) is 4.74 Å². The first-order chi connectivity index (χ1) is 10.6. The summed E-state index contributed by atoms with van der Waals surface area (Å²) in [6.45, 7) is 8.00. The number of pyridine rings is 1. The Hall–Kier alpha value is -2.62. The molecule has 4 heteroatoms. The first-order valence-electron chi connectivity index (χ1n) is 7.22. The fraction of sp³-hybridized carbons (Fsp3) is 0.222. The molecule has 2 aromatic rings. The van der Waals surface area contributed by atoms with Crippen LogP contribution in [0.15, 0.2) is 66.3 Å². The van der Waals surface area contributed by atoms with Crippen molar-refractivity contribution in [2.45, 2.75) is 19.9 Å². The minimum Gasteiger partial charge on any atom is -0.490 e. The molecule has 0 amide bonds. The number of carbonyl (C=O) groups is 1. The molecule has 0 aliphatic rings. The van der Waals surface area contributed by atoms with Gasteiger partial charge in [-0.15, -0.1) is 0 Å². The minimum absolute atomic E-state index is 0.115. The van der Waals surface area contributed by atoms with Crippen molar-refractivity contribution in [2.24, 2.45) is 4.99 Å². The molecule has 4 nitrogen and oxygen atoms in total. The molecule has 0 unspecified atom stereocenters. The molecule has 22 heavy (non-hydrogen) atoms. The van der Waals surface area contributed by atoms with Crippen LogP contribution in [0.1, 0.15) is 24.2 Å². The lowest BCUT2D eigenvalue weighted by atomic mass is 10.2. The van der Waals surface area contributed by atoms with Gasteiger partial charge in [-0.05, 0) is 50.2 Å². The third-order valence-electron chi connectivity index (χ3n) is 2.92. The Morgan fingerprint density at radius 1 is 1.27 bits per heavy atom. The van der Waals surface area contributed by atoms with Gasteiger partial charge in [0, 0.05) is 17.8 Å². The van der Waals surface area contributed by atoms with Crippen molar-refractivity contribution >= 4 is 5.91 Å². The second-order valence-electron chi connectivity index (χ2n) is 5.08. The number of rotatable bonds is 5. The van der Waals surface area contributed by atoms with Crippen molar-refractivity contribution < 1.29 is 9.53 Å². The number of hydrogen-bond acceptors (Lipinski definition) is 3. The van der Waals surface area contributed by atoms with Crippen LogP contribution in [0.4, 0.5) is 0 Å². The molecule has 0 aliphatic heterocycles. The summed E-state index contributed by atoms with van der Waals surface area (Å²) in [6.07, 6.45) is 3.41. The highest BCUT2D eigenvalue weighted by atomic mass is 16.5. The number of hydrogen-bond donors (Lipinski definition) is 0. The van der Waals surface area contributed by atoms with Crippen LogP contribution in [0, 0.1) is 0 Å². The molecule has 0 bridgehead atoms. The van der Waals surface area contributed by atoms with Crippen LogP contribution in [-0.4, -0.2) is 23.1 Å². The van der Waals surface area contributed by atoms with Gasteiger partial charge in [0.05, 0.1) is 0 Å². The van der Waals surface area contributed by atoms with Crippen LogP contribution in [0.25, 0.3) is 0 Å². The van der Waals surface area contributed by atoms with E-state index in [2.05, 4.69) is 11.6 Å². The number of benzene rings is 1. The predicted molar refractivity (Wildman–Crippen MR) is 87.0 cm³/mol. The number of aromatic nitrogens is 1. The van der Waals surface area contributed by atoms with Gasteiger partial charge in [0.2, 0.25) is 0 Å². The van der Waals surface area contributed by atoms with Gasteiger partial charge in [-0.3, -0.25) is 14.4 Å². The summed E-state index contributed by atoms with van der Waals surface area (Å²) in [5, 5.41) is 0. The van der Waals surface area contributed by atoms with E-state index in [0.29, 0.717) is 23.4 Å². The molecular weight excluding hydrogens is 276 g/mol. The topological polar surface area (TPSA) is 43.6 Å². The molecule has 0 N–H and O–H groups in total.